The first-order valence-corrected chi connectivity index (χ1v) is 7.29. The number of carboxylic acid groups (broad SMARTS) is 1. The van der Waals surface area contributed by atoms with Crippen molar-refractivity contribution in [2.45, 2.75) is 11.3 Å². The van der Waals surface area contributed by atoms with E-state index in [1.165, 1.54) is 11.8 Å². The minimum absolute atomic E-state index is 0.0570. The molecular weight excluding hydrogens is 286 g/mol. The number of hydrogen-bond acceptors (Lipinski definition) is 3. The van der Waals surface area contributed by atoms with Gasteiger partial charge in [-0.1, -0.05) is 11.6 Å². The summed E-state index contributed by atoms with van der Waals surface area (Å²) in [4.78, 5) is 25.0. The van der Waals surface area contributed by atoms with Crippen LogP contribution in [0.4, 0.5) is 0 Å². The van der Waals surface area contributed by atoms with E-state index in [0.717, 1.165) is 4.90 Å². The van der Waals surface area contributed by atoms with Gasteiger partial charge in [0, 0.05) is 28.9 Å². The van der Waals surface area contributed by atoms with Crippen molar-refractivity contribution in [1.29, 1.82) is 0 Å². The van der Waals surface area contributed by atoms with Crippen LogP contribution >= 0.6 is 23.4 Å². The average Bonchev–Trinajstić information content (AvgIpc) is 2.32. The van der Waals surface area contributed by atoms with Crippen molar-refractivity contribution in [1.82, 2.24) is 4.90 Å². The molecule has 1 amide bonds. The fourth-order valence-electron chi connectivity index (χ4n) is 1.92. The largest absolute Gasteiger partial charge is 0.481 e. The Morgan fingerprint density at radius 1 is 1.32 bits per heavy atom. The van der Waals surface area contributed by atoms with Gasteiger partial charge in [0.15, 0.2) is 0 Å². The maximum absolute atomic E-state index is 11.8. The van der Waals surface area contributed by atoms with Crippen molar-refractivity contribution >= 4 is 35.2 Å². The second-order valence-corrected chi connectivity index (χ2v) is 5.99. The van der Waals surface area contributed by atoms with Crippen LogP contribution in [0.15, 0.2) is 29.2 Å². The number of thioether (sulfide) groups is 1. The van der Waals surface area contributed by atoms with Gasteiger partial charge in [-0.3, -0.25) is 9.59 Å². The standard InChI is InChI=1S/C13H14ClNO3S/c14-10-1-3-11(4-2-10)19-8-12(16)15-6-9(7-15)5-13(17)18/h1-4,9H,5-8H2,(H,17,18). The SMILES string of the molecule is O=C(O)CC1CN(C(=O)CSc2ccc(Cl)cc2)C1. The molecule has 0 bridgehead atoms. The molecule has 1 saturated heterocycles. The number of rotatable bonds is 5. The van der Waals surface area contributed by atoms with Crippen LogP contribution in [-0.2, 0) is 9.59 Å². The Balaban J connectivity index is 1.71. The first kappa shape index (κ1) is 14.2. The number of halogens is 1. The van der Waals surface area contributed by atoms with E-state index in [4.69, 9.17) is 16.7 Å². The molecule has 0 aliphatic carbocycles. The molecule has 2 rings (SSSR count). The third-order valence-electron chi connectivity index (χ3n) is 2.95. The van der Waals surface area contributed by atoms with Crippen LogP contribution in [0.2, 0.25) is 5.02 Å². The summed E-state index contributed by atoms with van der Waals surface area (Å²) in [5, 5.41) is 9.31. The molecule has 1 aromatic carbocycles. The van der Waals surface area contributed by atoms with Crippen molar-refractivity contribution in [2.24, 2.45) is 5.92 Å². The molecule has 102 valence electrons. The molecule has 4 nitrogen and oxygen atoms in total. The quantitative estimate of drug-likeness (QED) is 0.848. The van der Waals surface area contributed by atoms with Crippen LogP contribution in [0.5, 0.6) is 0 Å². The second kappa shape index (κ2) is 6.30. The second-order valence-electron chi connectivity index (χ2n) is 4.51. The van der Waals surface area contributed by atoms with Gasteiger partial charge >= 0.3 is 5.97 Å². The van der Waals surface area contributed by atoms with Gasteiger partial charge in [-0.2, -0.15) is 0 Å². The number of carbonyl (C=O) groups excluding carboxylic acids is 1. The zero-order chi connectivity index (χ0) is 13.8. The number of carbonyl (C=O) groups is 2. The summed E-state index contributed by atoms with van der Waals surface area (Å²) >= 11 is 7.25. The summed E-state index contributed by atoms with van der Waals surface area (Å²) < 4.78 is 0. The van der Waals surface area contributed by atoms with Crippen molar-refractivity contribution in [2.75, 3.05) is 18.8 Å². The van der Waals surface area contributed by atoms with E-state index >= 15 is 0 Å². The highest BCUT2D eigenvalue weighted by atomic mass is 35.5. The summed E-state index contributed by atoms with van der Waals surface area (Å²) in [7, 11) is 0. The molecule has 1 aromatic rings. The molecule has 6 heteroatoms. The third kappa shape index (κ3) is 4.14. The van der Waals surface area contributed by atoms with E-state index in [9.17, 15) is 9.59 Å². The van der Waals surface area contributed by atoms with E-state index < -0.39 is 5.97 Å². The number of nitrogens with zero attached hydrogens (tertiary/aromatic N) is 1. The molecular formula is C13H14ClNO3S. The molecule has 1 fully saturated rings. The number of benzene rings is 1. The molecule has 0 radical (unpaired) electrons. The normalized spacial score (nSPS) is 15.1. The Bertz CT molecular complexity index is 471. The molecule has 0 saturated carbocycles. The predicted octanol–water partition coefficient (Wildman–Crippen LogP) is 2.37. The minimum Gasteiger partial charge on any atom is -0.481 e. The summed E-state index contributed by atoms with van der Waals surface area (Å²) in [6.07, 6.45) is 0.147. The Hall–Kier alpha value is -1.20. The lowest BCUT2D eigenvalue weighted by Gasteiger charge is -2.38. The highest BCUT2D eigenvalue weighted by Crippen LogP contribution is 2.24. The van der Waals surface area contributed by atoms with Crippen LogP contribution in [-0.4, -0.2) is 40.7 Å². The van der Waals surface area contributed by atoms with Gasteiger partial charge in [-0.15, -0.1) is 11.8 Å². The number of likely N-dealkylation sites (tertiary alicyclic amines) is 1. The Kier molecular flexibility index (Phi) is 4.71. The zero-order valence-electron chi connectivity index (χ0n) is 10.2. The molecule has 19 heavy (non-hydrogen) atoms. The lowest BCUT2D eigenvalue weighted by Crippen LogP contribution is -2.51. The first-order valence-electron chi connectivity index (χ1n) is 5.92. The lowest BCUT2D eigenvalue weighted by atomic mass is 9.96. The molecule has 0 spiro atoms. The highest BCUT2D eigenvalue weighted by Gasteiger charge is 2.31. The van der Waals surface area contributed by atoms with Gasteiger partial charge in [0.1, 0.15) is 0 Å². The Morgan fingerprint density at radius 3 is 2.53 bits per heavy atom. The highest BCUT2D eigenvalue weighted by molar-refractivity contribution is 8.00. The minimum atomic E-state index is -0.798. The number of aliphatic carboxylic acids is 1. The van der Waals surface area contributed by atoms with Crippen LogP contribution in [0.3, 0.4) is 0 Å². The Labute approximate surface area is 120 Å². The summed E-state index contributed by atoms with van der Waals surface area (Å²) in [5.41, 5.74) is 0. The molecule has 0 unspecified atom stereocenters. The molecule has 1 aliphatic heterocycles. The molecule has 0 aromatic heterocycles. The van der Waals surface area contributed by atoms with E-state index in [2.05, 4.69) is 0 Å². The van der Waals surface area contributed by atoms with Gasteiger partial charge in [-0.25, -0.2) is 0 Å². The number of amides is 1. The summed E-state index contributed by atoms with van der Waals surface area (Å²) in [6, 6.07) is 7.34. The van der Waals surface area contributed by atoms with Crippen molar-refractivity contribution in [3.63, 3.8) is 0 Å². The van der Waals surface area contributed by atoms with Crippen LogP contribution < -0.4 is 0 Å². The number of carboxylic acids is 1. The van der Waals surface area contributed by atoms with Gasteiger partial charge in [0.05, 0.1) is 12.2 Å². The van der Waals surface area contributed by atoms with Crippen molar-refractivity contribution in [3.05, 3.63) is 29.3 Å². The van der Waals surface area contributed by atoms with E-state index in [1.807, 2.05) is 12.1 Å². The Morgan fingerprint density at radius 2 is 1.95 bits per heavy atom. The topological polar surface area (TPSA) is 57.6 Å². The van der Waals surface area contributed by atoms with E-state index in [1.54, 1.807) is 17.0 Å². The summed E-state index contributed by atoms with van der Waals surface area (Å²) in [6.45, 7) is 1.12. The average molecular weight is 300 g/mol. The van der Waals surface area contributed by atoms with Gasteiger partial charge in [0.25, 0.3) is 0 Å². The molecule has 0 atom stereocenters. The lowest BCUT2D eigenvalue weighted by molar-refractivity contribution is -0.143. The fraction of sp³-hybridized carbons (Fsp3) is 0.385. The van der Waals surface area contributed by atoms with Crippen molar-refractivity contribution < 1.29 is 14.7 Å². The van der Waals surface area contributed by atoms with E-state index in [0.29, 0.717) is 23.9 Å². The first-order chi connectivity index (χ1) is 9.04. The number of hydrogen-bond donors (Lipinski definition) is 1. The maximum atomic E-state index is 11.8. The fourth-order valence-corrected chi connectivity index (χ4v) is 2.84. The van der Waals surface area contributed by atoms with Crippen LogP contribution in [0, 0.1) is 5.92 Å². The predicted molar refractivity (Wildman–Crippen MR) is 74.5 cm³/mol. The maximum Gasteiger partial charge on any atom is 0.303 e. The van der Waals surface area contributed by atoms with Crippen LogP contribution in [0.1, 0.15) is 6.42 Å². The molecule has 1 N–H and O–H groups in total. The smallest absolute Gasteiger partial charge is 0.303 e. The van der Waals surface area contributed by atoms with Gasteiger partial charge in [-0.05, 0) is 24.3 Å². The van der Waals surface area contributed by atoms with Gasteiger partial charge < -0.3 is 10.0 Å². The molecule has 1 heterocycles. The molecule has 1 aliphatic rings. The summed E-state index contributed by atoms with van der Waals surface area (Å²) in [5.74, 6) is -0.252. The van der Waals surface area contributed by atoms with Crippen molar-refractivity contribution in [3.8, 4) is 0 Å². The monoisotopic (exact) mass is 299 g/mol. The zero-order valence-corrected chi connectivity index (χ0v) is 11.8. The third-order valence-corrected chi connectivity index (χ3v) is 4.20. The van der Waals surface area contributed by atoms with Crippen LogP contribution in [0.25, 0.3) is 0 Å². The van der Waals surface area contributed by atoms with E-state index in [-0.39, 0.29) is 18.2 Å². The van der Waals surface area contributed by atoms with Gasteiger partial charge in [0.2, 0.25) is 5.91 Å².